The molecule has 2 aliphatic rings. The van der Waals surface area contributed by atoms with E-state index < -0.39 is 11.9 Å². The Morgan fingerprint density at radius 2 is 2.00 bits per heavy atom. The van der Waals surface area contributed by atoms with Gasteiger partial charge < -0.3 is 15.2 Å². The third kappa shape index (κ3) is 2.79. The van der Waals surface area contributed by atoms with Crippen LogP contribution in [0.1, 0.15) is 30.7 Å². The highest BCUT2D eigenvalue weighted by Gasteiger charge is 2.40. The van der Waals surface area contributed by atoms with Crippen molar-refractivity contribution >= 4 is 27.7 Å². The van der Waals surface area contributed by atoms with Gasteiger partial charge in [-0.25, -0.2) is 4.79 Å². The van der Waals surface area contributed by atoms with Crippen LogP contribution in [0.2, 0.25) is 0 Å². The SMILES string of the molecule is COC(=O)C1=C(N)OC2=C(C(=O)CCC2)[C@@H]1c1ccc(Br)cc1. The number of benzene rings is 1. The van der Waals surface area contributed by atoms with Crippen molar-refractivity contribution in [3.8, 4) is 0 Å². The van der Waals surface area contributed by atoms with Gasteiger partial charge in [0.05, 0.1) is 13.0 Å². The molecule has 0 radical (unpaired) electrons. The summed E-state index contributed by atoms with van der Waals surface area (Å²) in [5.74, 6) is -0.557. The summed E-state index contributed by atoms with van der Waals surface area (Å²) in [6, 6.07) is 7.46. The van der Waals surface area contributed by atoms with E-state index in [0.717, 1.165) is 16.5 Å². The zero-order valence-corrected chi connectivity index (χ0v) is 14.2. The number of nitrogens with two attached hydrogens (primary N) is 1. The number of hydrogen-bond donors (Lipinski definition) is 1. The smallest absolute Gasteiger partial charge is 0.340 e. The fourth-order valence-corrected chi connectivity index (χ4v) is 3.32. The molecule has 1 aromatic carbocycles. The van der Waals surface area contributed by atoms with Crippen molar-refractivity contribution in [2.24, 2.45) is 5.73 Å². The highest BCUT2D eigenvalue weighted by Crippen LogP contribution is 2.44. The first kappa shape index (κ1) is 15.8. The summed E-state index contributed by atoms with van der Waals surface area (Å²) in [5, 5.41) is 0. The highest BCUT2D eigenvalue weighted by atomic mass is 79.9. The van der Waals surface area contributed by atoms with E-state index >= 15 is 0 Å². The zero-order chi connectivity index (χ0) is 16.6. The molecule has 23 heavy (non-hydrogen) atoms. The number of carbonyl (C=O) groups excluding carboxylic acids is 2. The lowest BCUT2D eigenvalue weighted by atomic mass is 9.77. The summed E-state index contributed by atoms with van der Waals surface area (Å²) < 4.78 is 11.3. The lowest BCUT2D eigenvalue weighted by Crippen LogP contribution is -2.31. The fourth-order valence-electron chi connectivity index (χ4n) is 3.05. The molecule has 1 aliphatic heterocycles. The topological polar surface area (TPSA) is 78.6 Å². The van der Waals surface area contributed by atoms with Crippen molar-refractivity contribution in [2.75, 3.05) is 7.11 Å². The van der Waals surface area contributed by atoms with Crippen molar-refractivity contribution in [1.82, 2.24) is 0 Å². The van der Waals surface area contributed by atoms with E-state index in [4.69, 9.17) is 15.2 Å². The maximum Gasteiger partial charge on any atom is 0.340 e. The molecule has 1 aliphatic carbocycles. The summed E-state index contributed by atoms with van der Waals surface area (Å²) in [4.78, 5) is 24.7. The first-order valence-electron chi connectivity index (χ1n) is 7.30. The minimum atomic E-state index is -0.583. The normalized spacial score (nSPS) is 21.0. The van der Waals surface area contributed by atoms with Crippen LogP contribution in [0.4, 0.5) is 0 Å². The number of halogens is 1. The fraction of sp³-hybridized carbons (Fsp3) is 0.294. The number of rotatable bonds is 2. The predicted molar refractivity (Wildman–Crippen MR) is 87.1 cm³/mol. The van der Waals surface area contributed by atoms with E-state index in [9.17, 15) is 9.59 Å². The Labute approximate surface area is 142 Å². The predicted octanol–water partition coefficient (Wildman–Crippen LogP) is 2.91. The van der Waals surface area contributed by atoms with Crippen molar-refractivity contribution in [3.05, 3.63) is 57.1 Å². The number of allylic oxidation sites excluding steroid dienone is 2. The van der Waals surface area contributed by atoms with E-state index in [0.29, 0.717) is 24.2 Å². The molecule has 0 bridgehead atoms. The second-order valence-electron chi connectivity index (χ2n) is 5.47. The van der Waals surface area contributed by atoms with Crippen LogP contribution in [0.3, 0.4) is 0 Å². The minimum Gasteiger partial charge on any atom is -0.465 e. The number of hydrogen-bond acceptors (Lipinski definition) is 5. The molecule has 0 amide bonds. The van der Waals surface area contributed by atoms with Gasteiger partial charge in [0.2, 0.25) is 5.88 Å². The summed E-state index contributed by atoms with van der Waals surface area (Å²) in [6.07, 6.45) is 1.82. The number of Topliss-reactive ketones (excluding diaryl/α,β-unsaturated/α-hetero) is 1. The molecule has 0 saturated heterocycles. The van der Waals surface area contributed by atoms with E-state index in [-0.39, 0.29) is 17.2 Å². The van der Waals surface area contributed by atoms with Gasteiger partial charge in [0.25, 0.3) is 0 Å². The molecule has 0 saturated carbocycles. The molecule has 6 heteroatoms. The van der Waals surface area contributed by atoms with Gasteiger partial charge in [-0.1, -0.05) is 28.1 Å². The van der Waals surface area contributed by atoms with Crippen molar-refractivity contribution in [3.63, 3.8) is 0 Å². The van der Waals surface area contributed by atoms with Gasteiger partial charge in [0.15, 0.2) is 5.78 Å². The average molecular weight is 378 g/mol. The molecule has 1 atom stereocenters. The molecule has 1 aromatic rings. The monoisotopic (exact) mass is 377 g/mol. The standard InChI is InChI=1S/C17H16BrNO4/c1-22-17(21)15-13(9-5-7-10(18)8-6-9)14-11(20)3-2-4-12(14)23-16(15)19/h5-8,13H,2-4,19H2,1H3/t13-/m0/s1. The summed E-state index contributed by atoms with van der Waals surface area (Å²) >= 11 is 3.39. The quantitative estimate of drug-likeness (QED) is 0.801. The van der Waals surface area contributed by atoms with E-state index in [1.54, 1.807) is 0 Å². The Morgan fingerprint density at radius 3 is 2.65 bits per heavy atom. The molecular formula is C17H16BrNO4. The Hall–Kier alpha value is -2.08. The van der Waals surface area contributed by atoms with Crippen LogP contribution in [0.15, 0.2) is 51.5 Å². The average Bonchev–Trinajstić information content (AvgIpc) is 2.54. The zero-order valence-electron chi connectivity index (χ0n) is 12.6. The Bertz CT molecular complexity index is 733. The largest absolute Gasteiger partial charge is 0.465 e. The van der Waals surface area contributed by atoms with Crippen LogP contribution < -0.4 is 5.73 Å². The second kappa shape index (κ2) is 6.20. The van der Waals surface area contributed by atoms with Crippen LogP contribution in [-0.4, -0.2) is 18.9 Å². The highest BCUT2D eigenvalue weighted by molar-refractivity contribution is 9.10. The maximum atomic E-state index is 12.5. The summed E-state index contributed by atoms with van der Waals surface area (Å²) in [5.41, 5.74) is 7.48. The van der Waals surface area contributed by atoms with Crippen molar-refractivity contribution in [1.29, 1.82) is 0 Å². The Kier molecular flexibility index (Phi) is 4.26. The molecule has 0 spiro atoms. The molecule has 0 aromatic heterocycles. The molecule has 5 nitrogen and oxygen atoms in total. The van der Waals surface area contributed by atoms with E-state index in [1.165, 1.54) is 7.11 Å². The lowest BCUT2D eigenvalue weighted by Gasteiger charge is -2.32. The Balaban J connectivity index is 2.18. The Morgan fingerprint density at radius 1 is 1.30 bits per heavy atom. The van der Waals surface area contributed by atoms with Gasteiger partial charge in [-0.2, -0.15) is 0 Å². The summed E-state index contributed by atoms with van der Waals surface area (Å²) in [6.45, 7) is 0. The molecule has 2 N–H and O–H groups in total. The van der Waals surface area contributed by atoms with Gasteiger partial charge in [0.1, 0.15) is 11.3 Å². The van der Waals surface area contributed by atoms with Gasteiger partial charge >= 0.3 is 5.97 Å². The van der Waals surface area contributed by atoms with E-state index in [1.807, 2.05) is 24.3 Å². The molecule has 1 heterocycles. The van der Waals surface area contributed by atoms with Crippen LogP contribution in [0.25, 0.3) is 0 Å². The lowest BCUT2D eigenvalue weighted by molar-refractivity contribution is -0.136. The molecular weight excluding hydrogens is 362 g/mol. The number of carbonyl (C=O) groups is 2. The number of esters is 1. The van der Waals surface area contributed by atoms with Crippen LogP contribution in [0.5, 0.6) is 0 Å². The van der Waals surface area contributed by atoms with Crippen molar-refractivity contribution in [2.45, 2.75) is 25.2 Å². The third-order valence-electron chi connectivity index (χ3n) is 4.09. The van der Waals surface area contributed by atoms with Crippen molar-refractivity contribution < 1.29 is 19.1 Å². The van der Waals surface area contributed by atoms with Crippen LogP contribution in [-0.2, 0) is 19.1 Å². The first-order valence-corrected chi connectivity index (χ1v) is 8.09. The second-order valence-corrected chi connectivity index (χ2v) is 6.39. The maximum absolute atomic E-state index is 12.5. The number of methoxy groups -OCH3 is 1. The minimum absolute atomic E-state index is 0.00641. The van der Waals surface area contributed by atoms with Gasteiger partial charge in [-0.15, -0.1) is 0 Å². The van der Waals surface area contributed by atoms with Gasteiger partial charge in [-0.3, -0.25) is 4.79 Å². The summed E-state index contributed by atoms with van der Waals surface area (Å²) in [7, 11) is 1.29. The first-order chi connectivity index (χ1) is 11.0. The van der Waals surface area contributed by atoms with Gasteiger partial charge in [0, 0.05) is 22.9 Å². The van der Waals surface area contributed by atoms with E-state index in [2.05, 4.69) is 15.9 Å². The van der Waals surface area contributed by atoms with Crippen LogP contribution in [0, 0.1) is 0 Å². The number of ketones is 1. The third-order valence-corrected chi connectivity index (χ3v) is 4.62. The molecule has 0 fully saturated rings. The van der Waals surface area contributed by atoms with Gasteiger partial charge in [-0.05, 0) is 24.1 Å². The van der Waals surface area contributed by atoms with Crippen LogP contribution >= 0.6 is 15.9 Å². The molecule has 0 unspecified atom stereocenters. The molecule has 3 rings (SSSR count). The molecule has 120 valence electrons. The number of ether oxygens (including phenoxy) is 2.